The normalized spacial score (nSPS) is 25.0. The fraction of sp³-hybridized carbons (Fsp3) is 0.367. The molecule has 3 aromatic rings. The molecule has 3 aromatic carbocycles. The van der Waals surface area contributed by atoms with Crippen molar-refractivity contribution in [3.05, 3.63) is 93.5 Å². The van der Waals surface area contributed by atoms with Crippen LogP contribution in [0.1, 0.15) is 36.0 Å². The van der Waals surface area contributed by atoms with E-state index in [1.807, 2.05) is 6.07 Å². The SMILES string of the molecule is O=C(C1CCS(=O)(=O)C1)N1CC[C@@]2(S(=O)(=O)c3ccccc3)c3ccc(OCc4c(Cl)cccc4Cl)cc3CC[C@@H]12. The highest BCUT2D eigenvalue weighted by Crippen LogP contribution is 2.53. The van der Waals surface area contributed by atoms with Crippen molar-refractivity contribution < 1.29 is 26.4 Å². The molecular formula is C30H29Cl2NO6S2. The van der Waals surface area contributed by atoms with E-state index < -0.39 is 36.4 Å². The monoisotopic (exact) mass is 633 g/mol. The third-order valence-electron chi connectivity index (χ3n) is 8.70. The van der Waals surface area contributed by atoms with E-state index in [9.17, 15) is 21.6 Å². The number of ether oxygens (including phenoxy) is 1. The first kappa shape index (κ1) is 28.5. The molecule has 0 N–H and O–H groups in total. The maximum absolute atomic E-state index is 14.5. The van der Waals surface area contributed by atoms with Gasteiger partial charge in [-0.2, -0.15) is 0 Å². The number of carbonyl (C=O) groups is 1. The van der Waals surface area contributed by atoms with Gasteiger partial charge in [0.1, 0.15) is 17.1 Å². The highest BCUT2D eigenvalue weighted by molar-refractivity contribution is 7.92. The van der Waals surface area contributed by atoms with Crippen molar-refractivity contribution in [2.45, 2.75) is 48.0 Å². The number of aryl methyl sites for hydroxylation is 1. The number of benzene rings is 3. The predicted molar refractivity (Wildman–Crippen MR) is 158 cm³/mol. The maximum Gasteiger partial charge on any atom is 0.227 e. The van der Waals surface area contributed by atoms with Crippen LogP contribution < -0.4 is 4.74 Å². The Morgan fingerprint density at radius 1 is 1.00 bits per heavy atom. The number of hydrogen-bond acceptors (Lipinski definition) is 6. The van der Waals surface area contributed by atoms with E-state index in [4.69, 9.17) is 27.9 Å². The Morgan fingerprint density at radius 3 is 2.41 bits per heavy atom. The molecule has 0 saturated carbocycles. The number of sulfone groups is 2. The molecule has 0 aromatic heterocycles. The van der Waals surface area contributed by atoms with Crippen LogP contribution >= 0.6 is 23.2 Å². The van der Waals surface area contributed by atoms with Crippen molar-refractivity contribution in [3.63, 3.8) is 0 Å². The summed E-state index contributed by atoms with van der Waals surface area (Å²) >= 11 is 12.6. The lowest BCUT2D eigenvalue weighted by Gasteiger charge is -2.43. The Balaban J connectivity index is 1.38. The Kier molecular flexibility index (Phi) is 7.37. The van der Waals surface area contributed by atoms with Crippen molar-refractivity contribution in [2.24, 2.45) is 5.92 Å². The van der Waals surface area contributed by atoms with E-state index in [-0.39, 0.29) is 48.3 Å². The van der Waals surface area contributed by atoms with Crippen LogP contribution in [0, 0.1) is 5.92 Å². The maximum atomic E-state index is 14.5. The summed E-state index contributed by atoms with van der Waals surface area (Å²) < 4.78 is 58.0. The van der Waals surface area contributed by atoms with Crippen molar-refractivity contribution in [1.82, 2.24) is 4.90 Å². The fourth-order valence-electron chi connectivity index (χ4n) is 6.72. The molecule has 1 unspecified atom stereocenters. The zero-order valence-electron chi connectivity index (χ0n) is 22.1. The zero-order chi connectivity index (χ0) is 29.0. The summed E-state index contributed by atoms with van der Waals surface area (Å²) in [5.41, 5.74) is 2.17. The smallest absolute Gasteiger partial charge is 0.227 e. The first-order valence-corrected chi connectivity index (χ1v) is 17.6. The molecule has 0 radical (unpaired) electrons. The second kappa shape index (κ2) is 10.6. The molecular weight excluding hydrogens is 605 g/mol. The van der Waals surface area contributed by atoms with Gasteiger partial charge in [-0.3, -0.25) is 4.79 Å². The van der Waals surface area contributed by atoms with E-state index in [2.05, 4.69) is 0 Å². The van der Waals surface area contributed by atoms with E-state index in [1.54, 1.807) is 65.6 Å². The minimum absolute atomic E-state index is 0.0135. The van der Waals surface area contributed by atoms with Crippen LogP contribution in [0.25, 0.3) is 0 Å². The van der Waals surface area contributed by atoms with Crippen LogP contribution in [0.2, 0.25) is 10.0 Å². The fourth-order valence-corrected chi connectivity index (χ4v) is 11.3. The van der Waals surface area contributed by atoms with Gasteiger partial charge in [-0.25, -0.2) is 16.8 Å². The Hall–Kier alpha value is -2.59. The molecule has 3 aliphatic rings. The molecule has 2 fully saturated rings. The van der Waals surface area contributed by atoms with Gasteiger partial charge in [0.2, 0.25) is 5.91 Å². The summed E-state index contributed by atoms with van der Waals surface area (Å²) in [6.07, 6.45) is 1.48. The average Bonchev–Trinajstić information content (AvgIpc) is 3.54. The molecule has 0 bridgehead atoms. The number of nitrogens with zero attached hydrogens (tertiary/aromatic N) is 1. The molecule has 6 rings (SSSR count). The van der Waals surface area contributed by atoms with Crippen LogP contribution in [-0.4, -0.2) is 51.7 Å². The highest BCUT2D eigenvalue weighted by atomic mass is 35.5. The number of hydrogen-bond donors (Lipinski definition) is 0. The molecule has 3 atom stereocenters. The standard InChI is InChI=1S/C30H29Cl2NO6S2/c31-26-7-4-8-27(32)24(26)18-39-22-10-11-25-20(17-22)9-12-28-30(25,41(37,38)23-5-2-1-3-6-23)14-15-33(28)29(34)21-13-16-40(35,36)19-21/h1-8,10-11,17,21,28H,9,12-16,18-19H2/t21?,28-,30-/m1/s1. The quantitative estimate of drug-likeness (QED) is 0.369. The van der Waals surface area contributed by atoms with Gasteiger partial charge in [0.25, 0.3) is 0 Å². The summed E-state index contributed by atoms with van der Waals surface area (Å²) in [4.78, 5) is 15.5. The molecule has 2 saturated heterocycles. The summed E-state index contributed by atoms with van der Waals surface area (Å²) in [6, 6.07) is 18.4. The first-order chi connectivity index (χ1) is 19.5. The third-order valence-corrected chi connectivity index (χ3v) is 13.7. The first-order valence-electron chi connectivity index (χ1n) is 13.5. The summed E-state index contributed by atoms with van der Waals surface area (Å²) in [7, 11) is -7.22. The molecule has 1 aliphatic carbocycles. The Labute approximate surface area is 250 Å². The lowest BCUT2D eigenvalue weighted by Crippen LogP contribution is -2.53. The number of fused-ring (bicyclic) bond motifs is 3. The topological polar surface area (TPSA) is 97.8 Å². The predicted octanol–water partition coefficient (Wildman–Crippen LogP) is 5.22. The van der Waals surface area contributed by atoms with E-state index in [1.165, 1.54) is 0 Å². The lowest BCUT2D eigenvalue weighted by molar-refractivity contribution is -0.136. The van der Waals surface area contributed by atoms with Gasteiger partial charge in [-0.15, -0.1) is 0 Å². The summed E-state index contributed by atoms with van der Waals surface area (Å²) in [6.45, 7) is 0.398. The molecule has 0 spiro atoms. The number of rotatable bonds is 6. The Morgan fingerprint density at radius 2 is 1.73 bits per heavy atom. The highest BCUT2D eigenvalue weighted by Gasteiger charge is 2.61. The molecule has 41 heavy (non-hydrogen) atoms. The number of likely N-dealkylation sites (tertiary alicyclic amines) is 1. The number of carbonyl (C=O) groups excluding carboxylic acids is 1. The van der Waals surface area contributed by atoms with E-state index in [0.29, 0.717) is 39.8 Å². The molecule has 216 valence electrons. The number of amides is 1. The van der Waals surface area contributed by atoms with Crippen molar-refractivity contribution in [2.75, 3.05) is 18.1 Å². The van der Waals surface area contributed by atoms with Gasteiger partial charge in [-0.05, 0) is 73.2 Å². The lowest BCUT2D eigenvalue weighted by atomic mass is 9.78. The zero-order valence-corrected chi connectivity index (χ0v) is 25.3. The van der Waals surface area contributed by atoms with Crippen molar-refractivity contribution >= 4 is 48.8 Å². The second-order valence-electron chi connectivity index (χ2n) is 10.9. The van der Waals surface area contributed by atoms with Gasteiger partial charge in [0.15, 0.2) is 19.7 Å². The average molecular weight is 635 g/mol. The van der Waals surface area contributed by atoms with Gasteiger partial charge in [0, 0.05) is 22.2 Å². The van der Waals surface area contributed by atoms with Crippen LogP contribution in [0.4, 0.5) is 0 Å². The van der Waals surface area contributed by atoms with Crippen molar-refractivity contribution in [3.8, 4) is 5.75 Å². The summed E-state index contributed by atoms with van der Waals surface area (Å²) in [5, 5.41) is 0.994. The van der Waals surface area contributed by atoms with Gasteiger partial charge < -0.3 is 9.64 Å². The number of halogens is 2. The molecule has 2 heterocycles. The van der Waals surface area contributed by atoms with Gasteiger partial charge in [0.05, 0.1) is 28.4 Å². The van der Waals surface area contributed by atoms with Crippen molar-refractivity contribution in [1.29, 1.82) is 0 Å². The van der Waals surface area contributed by atoms with Crippen LogP contribution in [0.15, 0.2) is 71.6 Å². The molecule has 2 aliphatic heterocycles. The molecule has 7 nitrogen and oxygen atoms in total. The van der Waals surface area contributed by atoms with Crippen LogP contribution in [-0.2, 0) is 42.2 Å². The summed E-state index contributed by atoms with van der Waals surface area (Å²) in [5.74, 6) is -0.529. The van der Waals surface area contributed by atoms with Crippen LogP contribution in [0.5, 0.6) is 5.75 Å². The van der Waals surface area contributed by atoms with Crippen LogP contribution in [0.3, 0.4) is 0 Å². The Bertz CT molecular complexity index is 1710. The van der Waals surface area contributed by atoms with E-state index >= 15 is 0 Å². The largest absolute Gasteiger partial charge is 0.489 e. The molecule has 11 heteroatoms. The third kappa shape index (κ3) is 4.84. The second-order valence-corrected chi connectivity index (χ2v) is 16.2. The van der Waals surface area contributed by atoms with E-state index in [0.717, 1.165) is 5.56 Å². The van der Waals surface area contributed by atoms with Gasteiger partial charge in [-0.1, -0.05) is 53.5 Å². The minimum Gasteiger partial charge on any atom is -0.489 e. The molecule has 1 amide bonds. The van der Waals surface area contributed by atoms with Gasteiger partial charge >= 0.3 is 0 Å². The minimum atomic E-state index is -3.95.